The van der Waals surface area contributed by atoms with Crippen LogP contribution < -0.4 is 5.32 Å². The van der Waals surface area contributed by atoms with Crippen LogP contribution in [-0.4, -0.2) is 13.6 Å². The summed E-state index contributed by atoms with van der Waals surface area (Å²) in [7, 11) is 2.04. The van der Waals surface area contributed by atoms with Gasteiger partial charge in [-0.15, -0.1) is 0 Å². The molecule has 1 aromatic rings. The molecule has 1 aromatic carbocycles. The van der Waals surface area contributed by atoms with Crippen LogP contribution in [0, 0.1) is 11.3 Å². The highest BCUT2D eigenvalue weighted by Crippen LogP contribution is 2.43. The highest BCUT2D eigenvalue weighted by atomic mass is 14.8. The summed E-state index contributed by atoms with van der Waals surface area (Å²) in [6.45, 7) is 8.28. The average Bonchev–Trinajstić information content (AvgIpc) is 2.45. The van der Waals surface area contributed by atoms with Crippen LogP contribution >= 0.6 is 0 Å². The highest BCUT2D eigenvalue weighted by molar-refractivity contribution is 5.31. The minimum Gasteiger partial charge on any atom is -0.319 e. The number of rotatable bonds is 4. The monoisotopic (exact) mass is 273 g/mol. The number of likely N-dealkylation sites (N-methyl/N-ethyl adjacent to an activating group) is 1. The molecule has 1 nitrogen and oxygen atoms in total. The van der Waals surface area contributed by atoms with E-state index in [0.717, 1.165) is 24.8 Å². The number of hydrogen-bond acceptors (Lipinski definition) is 1. The van der Waals surface area contributed by atoms with E-state index >= 15 is 0 Å². The maximum Gasteiger partial charge on any atom is -0.00113 e. The van der Waals surface area contributed by atoms with Gasteiger partial charge in [0.15, 0.2) is 0 Å². The van der Waals surface area contributed by atoms with Crippen molar-refractivity contribution in [1.29, 1.82) is 0 Å². The van der Waals surface area contributed by atoms with E-state index < -0.39 is 0 Å². The lowest BCUT2D eigenvalue weighted by molar-refractivity contribution is 0.169. The van der Waals surface area contributed by atoms with Crippen molar-refractivity contribution < 1.29 is 0 Å². The Morgan fingerprint density at radius 2 is 1.70 bits per heavy atom. The Balaban J connectivity index is 2.03. The van der Waals surface area contributed by atoms with Crippen LogP contribution in [-0.2, 0) is 6.42 Å². The molecule has 1 fully saturated rings. The second-order valence-electron chi connectivity index (χ2n) is 7.47. The number of nitrogens with one attached hydrogen (secondary N) is 1. The van der Waals surface area contributed by atoms with Gasteiger partial charge < -0.3 is 5.32 Å². The Morgan fingerprint density at radius 3 is 2.30 bits per heavy atom. The normalized spacial score (nSPS) is 23.8. The van der Waals surface area contributed by atoms with Crippen LogP contribution in [0.3, 0.4) is 0 Å². The zero-order chi connectivity index (χ0) is 14.6. The summed E-state index contributed by atoms with van der Waals surface area (Å²) in [5.74, 6) is 1.70. The maximum absolute atomic E-state index is 3.27. The fraction of sp³-hybridized carbons (Fsp3) is 0.684. The van der Waals surface area contributed by atoms with E-state index in [-0.39, 0.29) is 0 Å². The zero-order valence-electron chi connectivity index (χ0n) is 13.7. The first-order valence-corrected chi connectivity index (χ1v) is 8.24. The van der Waals surface area contributed by atoms with E-state index in [0.29, 0.717) is 5.41 Å². The molecule has 1 aliphatic rings. The third-order valence-electron chi connectivity index (χ3n) is 5.09. The van der Waals surface area contributed by atoms with Crippen LogP contribution in [0.15, 0.2) is 24.3 Å². The lowest BCUT2D eigenvalue weighted by Gasteiger charge is -2.37. The van der Waals surface area contributed by atoms with Gasteiger partial charge in [0.25, 0.3) is 0 Å². The van der Waals surface area contributed by atoms with Crippen molar-refractivity contribution in [2.24, 2.45) is 11.3 Å². The van der Waals surface area contributed by atoms with Crippen LogP contribution in [0.25, 0.3) is 0 Å². The van der Waals surface area contributed by atoms with Gasteiger partial charge in [0.2, 0.25) is 0 Å². The second kappa shape index (κ2) is 6.76. The van der Waals surface area contributed by atoms with E-state index in [2.05, 4.69) is 50.4 Å². The SMILES string of the molecule is CNCCc1ccccc1C1CCC(C(C)(C)C)CC1. The molecule has 1 N–H and O–H groups in total. The smallest absolute Gasteiger partial charge is 0.00113 e. The standard InChI is InChI=1S/C19H31N/c1-19(2,3)17-11-9-16(10-12-17)18-8-6-5-7-15(18)13-14-20-4/h5-8,16-17,20H,9-14H2,1-4H3. The largest absolute Gasteiger partial charge is 0.319 e. The molecule has 1 aliphatic carbocycles. The molecule has 2 rings (SSSR count). The summed E-state index contributed by atoms with van der Waals surface area (Å²) in [4.78, 5) is 0. The molecule has 112 valence electrons. The van der Waals surface area contributed by atoms with E-state index in [4.69, 9.17) is 0 Å². The molecular weight excluding hydrogens is 242 g/mol. The first kappa shape index (κ1) is 15.6. The molecule has 0 spiro atoms. The molecule has 0 saturated heterocycles. The second-order valence-corrected chi connectivity index (χ2v) is 7.47. The van der Waals surface area contributed by atoms with Crippen LogP contribution in [0.4, 0.5) is 0 Å². The van der Waals surface area contributed by atoms with Gasteiger partial charge in [-0.2, -0.15) is 0 Å². The molecule has 0 amide bonds. The van der Waals surface area contributed by atoms with E-state index in [1.165, 1.54) is 25.7 Å². The summed E-state index contributed by atoms with van der Waals surface area (Å²) in [6, 6.07) is 9.10. The lowest BCUT2D eigenvalue weighted by atomic mass is 9.68. The highest BCUT2D eigenvalue weighted by Gasteiger charge is 2.30. The van der Waals surface area contributed by atoms with Crippen molar-refractivity contribution in [3.63, 3.8) is 0 Å². The molecule has 0 bridgehead atoms. The van der Waals surface area contributed by atoms with Gasteiger partial charge in [-0.3, -0.25) is 0 Å². The summed E-state index contributed by atoms with van der Waals surface area (Å²) < 4.78 is 0. The van der Waals surface area contributed by atoms with Gasteiger partial charge in [-0.25, -0.2) is 0 Å². The molecule has 0 radical (unpaired) electrons. The van der Waals surface area contributed by atoms with Crippen molar-refractivity contribution >= 4 is 0 Å². The fourth-order valence-corrected chi connectivity index (χ4v) is 3.69. The van der Waals surface area contributed by atoms with Crippen molar-refractivity contribution in [3.05, 3.63) is 35.4 Å². The number of benzene rings is 1. The van der Waals surface area contributed by atoms with Gasteiger partial charge in [0, 0.05) is 0 Å². The quantitative estimate of drug-likeness (QED) is 0.833. The Morgan fingerprint density at radius 1 is 1.05 bits per heavy atom. The van der Waals surface area contributed by atoms with Gasteiger partial charge in [-0.1, -0.05) is 45.0 Å². The third-order valence-corrected chi connectivity index (χ3v) is 5.09. The molecule has 1 saturated carbocycles. The molecule has 0 aliphatic heterocycles. The van der Waals surface area contributed by atoms with Gasteiger partial charge in [-0.05, 0) is 74.1 Å². The third kappa shape index (κ3) is 3.85. The van der Waals surface area contributed by atoms with Crippen molar-refractivity contribution in [2.45, 2.75) is 58.8 Å². The predicted molar refractivity (Wildman–Crippen MR) is 88.2 cm³/mol. The topological polar surface area (TPSA) is 12.0 Å². The summed E-state index contributed by atoms with van der Waals surface area (Å²) in [6.07, 6.45) is 6.70. The van der Waals surface area contributed by atoms with Crippen molar-refractivity contribution in [1.82, 2.24) is 5.32 Å². The average molecular weight is 273 g/mol. The van der Waals surface area contributed by atoms with Gasteiger partial charge >= 0.3 is 0 Å². The maximum atomic E-state index is 3.27. The van der Waals surface area contributed by atoms with Crippen LogP contribution in [0.2, 0.25) is 0 Å². The Kier molecular flexibility index (Phi) is 5.26. The van der Waals surface area contributed by atoms with Gasteiger partial charge in [0.05, 0.1) is 0 Å². The van der Waals surface area contributed by atoms with Crippen LogP contribution in [0.5, 0.6) is 0 Å². The Hall–Kier alpha value is -0.820. The van der Waals surface area contributed by atoms with Crippen molar-refractivity contribution in [2.75, 3.05) is 13.6 Å². The molecular formula is C19H31N. The Labute approximate surface area is 125 Å². The lowest BCUT2D eigenvalue weighted by Crippen LogP contribution is -2.25. The Bertz CT molecular complexity index is 408. The molecule has 1 heteroatoms. The number of hydrogen-bond donors (Lipinski definition) is 1. The summed E-state index contributed by atoms with van der Waals surface area (Å²) >= 11 is 0. The molecule has 0 aromatic heterocycles. The molecule has 0 heterocycles. The van der Waals surface area contributed by atoms with E-state index in [9.17, 15) is 0 Å². The van der Waals surface area contributed by atoms with E-state index in [1.54, 1.807) is 11.1 Å². The summed E-state index contributed by atoms with van der Waals surface area (Å²) in [5, 5.41) is 3.27. The van der Waals surface area contributed by atoms with E-state index in [1.807, 2.05) is 7.05 Å². The fourth-order valence-electron chi connectivity index (χ4n) is 3.69. The first-order valence-electron chi connectivity index (χ1n) is 8.24. The van der Waals surface area contributed by atoms with Crippen LogP contribution in [0.1, 0.15) is 63.5 Å². The first-order chi connectivity index (χ1) is 9.52. The van der Waals surface area contributed by atoms with Crippen molar-refractivity contribution in [3.8, 4) is 0 Å². The van der Waals surface area contributed by atoms with Gasteiger partial charge in [0.1, 0.15) is 0 Å². The minimum absolute atomic E-state index is 0.483. The molecule has 0 atom stereocenters. The molecule has 0 unspecified atom stereocenters. The minimum atomic E-state index is 0.483. The predicted octanol–water partition coefficient (Wildman–Crippen LogP) is 4.77. The zero-order valence-corrected chi connectivity index (χ0v) is 13.7. The molecule has 20 heavy (non-hydrogen) atoms. The summed E-state index contributed by atoms with van der Waals surface area (Å²) in [5.41, 5.74) is 3.66.